The molecule has 0 nitrogen and oxygen atoms in total. The van der Waals surface area contributed by atoms with Gasteiger partial charge in [0.25, 0.3) is 0 Å². The summed E-state index contributed by atoms with van der Waals surface area (Å²) >= 11 is 0. The van der Waals surface area contributed by atoms with E-state index in [1.54, 1.807) is 0 Å². The highest BCUT2D eigenvalue weighted by molar-refractivity contribution is 6.23. The van der Waals surface area contributed by atoms with Crippen LogP contribution in [0, 0.1) is 0 Å². The van der Waals surface area contributed by atoms with Crippen molar-refractivity contribution >= 4 is 21.5 Å². The molecule has 5 rings (SSSR count). The van der Waals surface area contributed by atoms with Crippen molar-refractivity contribution in [3.8, 4) is 22.3 Å². The molecule has 158 valence electrons. The summed E-state index contributed by atoms with van der Waals surface area (Å²) in [5.41, 5.74) is 8.23. The molecule has 0 bridgehead atoms. The van der Waals surface area contributed by atoms with E-state index in [0.717, 1.165) is 25.7 Å². The minimum atomic E-state index is 1.09. The molecule has 5 aromatic carbocycles. The number of hydrogen-bond donors (Lipinski definition) is 0. The number of aryl methyl sites for hydroxylation is 2. The zero-order valence-corrected chi connectivity index (χ0v) is 19.1. The van der Waals surface area contributed by atoms with E-state index in [2.05, 4.69) is 111 Å². The van der Waals surface area contributed by atoms with Crippen molar-refractivity contribution in [1.29, 1.82) is 0 Å². The predicted molar refractivity (Wildman–Crippen MR) is 140 cm³/mol. The highest BCUT2D eigenvalue weighted by atomic mass is 14.2. The fraction of sp³-hybridized carbons (Fsp3) is 0.188. The fourth-order valence-electron chi connectivity index (χ4n) is 5.24. The molecule has 0 heterocycles. The zero-order valence-electron chi connectivity index (χ0n) is 19.1. The molecule has 32 heavy (non-hydrogen) atoms. The summed E-state index contributed by atoms with van der Waals surface area (Å²) in [5, 5.41) is 5.62. The molecule has 0 aliphatic rings. The largest absolute Gasteiger partial charge is 0.0651 e. The normalized spacial score (nSPS) is 11.3. The van der Waals surface area contributed by atoms with Crippen LogP contribution in [-0.2, 0) is 12.8 Å². The van der Waals surface area contributed by atoms with E-state index in [4.69, 9.17) is 0 Å². The molecule has 0 radical (unpaired) electrons. The van der Waals surface area contributed by atoms with Gasteiger partial charge in [-0.3, -0.25) is 0 Å². The molecule has 0 unspecified atom stereocenters. The first-order valence-electron chi connectivity index (χ1n) is 11.9. The van der Waals surface area contributed by atoms with Gasteiger partial charge in [0, 0.05) is 0 Å². The smallest absolute Gasteiger partial charge is 0.00176 e. The van der Waals surface area contributed by atoms with E-state index < -0.39 is 0 Å². The summed E-state index contributed by atoms with van der Waals surface area (Å²) in [5.74, 6) is 0. The van der Waals surface area contributed by atoms with Gasteiger partial charge in [-0.15, -0.1) is 0 Å². The minimum Gasteiger partial charge on any atom is -0.0651 e. The maximum atomic E-state index is 2.34. The molecular weight excluding hydrogens is 384 g/mol. The predicted octanol–water partition coefficient (Wildman–Crippen LogP) is 9.23. The quantitative estimate of drug-likeness (QED) is 0.243. The third-order valence-corrected chi connectivity index (χ3v) is 6.50. The van der Waals surface area contributed by atoms with E-state index in [1.807, 2.05) is 0 Å². The number of fused-ring (bicyclic) bond motifs is 3. The lowest BCUT2D eigenvalue weighted by molar-refractivity contribution is 0.928. The zero-order chi connectivity index (χ0) is 21.9. The van der Waals surface area contributed by atoms with Crippen LogP contribution in [0.5, 0.6) is 0 Å². The highest BCUT2D eigenvalue weighted by Crippen LogP contribution is 2.46. The fourth-order valence-corrected chi connectivity index (χ4v) is 5.24. The second-order valence-electron chi connectivity index (χ2n) is 8.66. The maximum absolute atomic E-state index is 2.34. The Morgan fingerprint density at radius 1 is 0.438 bits per heavy atom. The Kier molecular flexibility index (Phi) is 5.77. The summed E-state index contributed by atoms with van der Waals surface area (Å²) in [4.78, 5) is 0. The van der Waals surface area contributed by atoms with E-state index in [0.29, 0.717) is 0 Å². The Balaban J connectivity index is 2.07. The van der Waals surface area contributed by atoms with Gasteiger partial charge in [0.2, 0.25) is 0 Å². The molecule has 0 atom stereocenters. The van der Waals surface area contributed by atoms with Gasteiger partial charge in [0.05, 0.1) is 0 Å². The molecule has 0 amide bonds. The Hall–Kier alpha value is -3.38. The average molecular weight is 415 g/mol. The summed E-state index contributed by atoms with van der Waals surface area (Å²) in [6.45, 7) is 4.56. The van der Waals surface area contributed by atoms with Crippen LogP contribution >= 0.6 is 0 Å². The van der Waals surface area contributed by atoms with Gasteiger partial charge in [-0.1, -0.05) is 124 Å². The van der Waals surface area contributed by atoms with Crippen LogP contribution in [0.4, 0.5) is 0 Å². The van der Waals surface area contributed by atoms with Crippen molar-refractivity contribution in [2.45, 2.75) is 39.5 Å². The second kappa shape index (κ2) is 9.01. The molecule has 0 N–H and O–H groups in total. The van der Waals surface area contributed by atoms with Gasteiger partial charge >= 0.3 is 0 Å². The lowest BCUT2D eigenvalue weighted by Crippen LogP contribution is -1.97. The van der Waals surface area contributed by atoms with Crippen LogP contribution in [0.25, 0.3) is 43.8 Å². The lowest BCUT2D eigenvalue weighted by Gasteiger charge is -2.22. The Bertz CT molecular complexity index is 1360. The van der Waals surface area contributed by atoms with E-state index in [9.17, 15) is 0 Å². The van der Waals surface area contributed by atoms with Crippen LogP contribution in [0.2, 0.25) is 0 Å². The average Bonchev–Trinajstić information content (AvgIpc) is 2.85. The monoisotopic (exact) mass is 414 g/mol. The third-order valence-electron chi connectivity index (χ3n) is 6.50. The molecule has 0 saturated carbocycles. The van der Waals surface area contributed by atoms with Crippen LogP contribution in [0.3, 0.4) is 0 Å². The molecule has 0 fully saturated rings. The van der Waals surface area contributed by atoms with Gasteiger partial charge in [0.1, 0.15) is 0 Å². The number of benzene rings is 5. The van der Waals surface area contributed by atoms with Crippen molar-refractivity contribution < 1.29 is 0 Å². The summed E-state index contributed by atoms with van der Waals surface area (Å²) in [6.07, 6.45) is 4.48. The van der Waals surface area contributed by atoms with Crippen molar-refractivity contribution in [3.05, 3.63) is 108 Å². The van der Waals surface area contributed by atoms with Gasteiger partial charge in [-0.25, -0.2) is 0 Å². The topological polar surface area (TPSA) is 0 Å². The Morgan fingerprint density at radius 2 is 0.938 bits per heavy atom. The molecule has 0 saturated heterocycles. The standard InChI is InChI=1S/C32H30/c1-3-13-23-19-11-21-28-29(23)27-22-12-20-24(14-4-2)30(27)32(26-17-9-6-10-18-26)31(28)25-15-7-5-8-16-25/h5-12,15-22H,3-4,13-14H2,1-2H3. The summed E-state index contributed by atoms with van der Waals surface area (Å²) in [6, 6.07) is 35.8. The van der Waals surface area contributed by atoms with Crippen molar-refractivity contribution in [2.24, 2.45) is 0 Å². The van der Waals surface area contributed by atoms with Crippen molar-refractivity contribution in [3.63, 3.8) is 0 Å². The molecule has 0 aromatic heterocycles. The third kappa shape index (κ3) is 3.50. The van der Waals surface area contributed by atoms with Crippen LogP contribution in [0.1, 0.15) is 37.8 Å². The number of rotatable bonds is 6. The van der Waals surface area contributed by atoms with Crippen molar-refractivity contribution in [2.75, 3.05) is 0 Å². The lowest BCUT2D eigenvalue weighted by atomic mass is 9.81. The van der Waals surface area contributed by atoms with E-state index in [-0.39, 0.29) is 0 Å². The molecular formula is C32H30. The van der Waals surface area contributed by atoms with Crippen LogP contribution in [-0.4, -0.2) is 0 Å². The molecule has 0 spiro atoms. The summed E-state index contributed by atoms with van der Waals surface area (Å²) in [7, 11) is 0. The Labute approximate surface area is 191 Å². The first-order chi connectivity index (χ1) is 15.8. The molecule has 0 heteroatoms. The van der Waals surface area contributed by atoms with Gasteiger partial charge in [0.15, 0.2) is 0 Å². The maximum Gasteiger partial charge on any atom is -0.00176 e. The molecule has 0 aliphatic carbocycles. The van der Waals surface area contributed by atoms with Crippen LogP contribution < -0.4 is 0 Å². The van der Waals surface area contributed by atoms with Crippen LogP contribution in [0.15, 0.2) is 97.1 Å². The van der Waals surface area contributed by atoms with Gasteiger partial charge < -0.3 is 0 Å². The first-order valence-corrected chi connectivity index (χ1v) is 11.9. The minimum absolute atomic E-state index is 1.09. The summed E-state index contributed by atoms with van der Waals surface area (Å²) < 4.78 is 0. The SMILES string of the molecule is CCCc1cccc2c1c(-c1ccccc1)c(-c1ccccc1)c1cccc(CCC)c12. The molecule has 5 aromatic rings. The van der Waals surface area contributed by atoms with Gasteiger partial charge in [-0.2, -0.15) is 0 Å². The number of hydrogen-bond acceptors (Lipinski definition) is 0. The van der Waals surface area contributed by atoms with Crippen molar-refractivity contribution in [1.82, 2.24) is 0 Å². The molecule has 0 aliphatic heterocycles. The van der Waals surface area contributed by atoms with E-state index >= 15 is 0 Å². The van der Waals surface area contributed by atoms with Gasteiger partial charge in [-0.05, 0) is 67.8 Å². The van der Waals surface area contributed by atoms with E-state index in [1.165, 1.54) is 54.9 Å². The Morgan fingerprint density at radius 3 is 1.50 bits per heavy atom. The first kappa shape index (κ1) is 20.5. The highest BCUT2D eigenvalue weighted by Gasteiger charge is 2.20. The second-order valence-corrected chi connectivity index (χ2v) is 8.66.